The van der Waals surface area contributed by atoms with Gasteiger partial charge in [-0.25, -0.2) is 23.5 Å². The molecular formula is C22H22F2N6O. The normalized spacial score (nSPS) is 14.3. The number of rotatable bonds is 5. The first-order chi connectivity index (χ1) is 15.1. The highest BCUT2D eigenvalue weighted by atomic mass is 19.1. The van der Waals surface area contributed by atoms with E-state index < -0.39 is 17.7 Å². The zero-order chi connectivity index (χ0) is 21.6. The van der Waals surface area contributed by atoms with Gasteiger partial charge < -0.3 is 10.2 Å². The quantitative estimate of drug-likeness (QED) is 0.653. The minimum atomic E-state index is -0.728. The number of urea groups is 1. The Morgan fingerprint density at radius 3 is 2.48 bits per heavy atom. The molecular weight excluding hydrogens is 402 g/mol. The van der Waals surface area contributed by atoms with Crippen LogP contribution < -0.4 is 15.5 Å². The van der Waals surface area contributed by atoms with Crippen molar-refractivity contribution < 1.29 is 13.6 Å². The summed E-state index contributed by atoms with van der Waals surface area (Å²) in [6.07, 6.45) is 1.37. The first-order valence-corrected chi connectivity index (χ1v) is 9.93. The Labute approximate surface area is 178 Å². The number of piperazine rings is 1. The Bertz CT molecular complexity index is 1040. The molecule has 1 aliphatic rings. The molecule has 2 N–H and O–H groups in total. The number of hydrogen-bond donors (Lipinski definition) is 2. The molecule has 4 rings (SSSR count). The van der Waals surface area contributed by atoms with Crippen LogP contribution in [0.5, 0.6) is 0 Å². The second kappa shape index (κ2) is 9.48. The Balaban J connectivity index is 1.33. The van der Waals surface area contributed by atoms with Crippen molar-refractivity contribution in [1.29, 1.82) is 0 Å². The number of nitrogens with one attached hydrogen (secondary N) is 2. The van der Waals surface area contributed by atoms with Gasteiger partial charge in [0.15, 0.2) is 0 Å². The second-order valence-corrected chi connectivity index (χ2v) is 7.21. The van der Waals surface area contributed by atoms with Crippen molar-refractivity contribution in [2.24, 2.45) is 0 Å². The highest BCUT2D eigenvalue weighted by molar-refractivity contribution is 5.99. The van der Waals surface area contributed by atoms with E-state index in [1.54, 1.807) is 6.07 Å². The molecule has 0 radical (unpaired) electrons. The molecule has 0 spiro atoms. The smallest absolute Gasteiger partial charge is 0.324 e. The average Bonchev–Trinajstić information content (AvgIpc) is 2.78. The standard InChI is InChI=1S/C22H22F2N6O/c23-17-6-7-18(24)19(12-17)27-22(31)28-20-13-21(26-15-25-20)30-10-8-29(9-11-30)14-16-4-2-1-3-5-16/h1-7,12-13,15H,8-11,14H2,(H2,25,26,27,28,31). The number of aromatic nitrogens is 2. The molecule has 160 valence electrons. The molecule has 3 aromatic rings. The van der Waals surface area contributed by atoms with Crippen LogP contribution in [0.3, 0.4) is 0 Å². The zero-order valence-electron chi connectivity index (χ0n) is 16.8. The van der Waals surface area contributed by atoms with Gasteiger partial charge in [-0.1, -0.05) is 30.3 Å². The van der Waals surface area contributed by atoms with E-state index in [1.807, 2.05) is 18.2 Å². The van der Waals surface area contributed by atoms with Crippen molar-refractivity contribution in [3.63, 3.8) is 0 Å². The summed E-state index contributed by atoms with van der Waals surface area (Å²) in [5, 5.41) is 4.81. The molecule has 1 aliphatic heterocycles. The van der Waals surface area contributed by atoms with E-state index in [-0.39, 0.29) is 11.5 Å². The molecule has 2 amide bonds. The van der Waals surface area contributed by atoms with E-state index in [0.717, 1.165) is 50.9 Å². The highest BCUT2D eigenvalue weighted by Gasteiger charge is 2.19. The van der Waals surface area contributed by atoms with E-state index in [4.69, 9.17) is 0 Å². The van der Waals surface area contributed by atoms with Crippen LogP contribution in [-0.2, 0) is 6.54 Å². The lowest BCUT2D eigenvalue weighted by Crippen LogP contribution is -2.46. The van der Waals surface area contributed by atoms with Crippen molar-refractivity contribution in [1.82, 2.24) is 14.9 Å². The van der Waals surface area contributed by atoms with Crippen LogP contribution in [0.2, 0.25) is 0 Å². The summed E-state index contributed by atoms with van der Waals surface area (Å²) in [5.74, 6) is -0.409. The maximum atomic E-state index is 13.7. The van der Waals surface area contributed by atoms with Gasteiger partial charge in [0.1, 0.15) is 29.6 Å². The van der Waals surface area contributed by atoms with E-state index in [1.165, 1.54) is 11.9 Å². The summed E-state index contributed by atoms with van der Waals surface area (Å²) >= 11 is 0. The average molecular weight is 424 g/mol. The van der Waals surface area contributed by atoms with Crippen LogP contribution in [0, 0.1) is 11.6 Å². The molecule has 1 aromatic heterocycles. The van der Waals surface area contributed by atoms with Gasteiger partial charge in [-0.15, -0.1) is 0 Å². The van der Waals surface area contributed by atoms with Crippen LogP contribution in [0.15, 0.2) is 60.9 Å². The Morgan fingerprint density at radius 1 is 0.935 bits per heavy atom. The summed E-state index contributed by atoms with van der Waals surface area (Å²) in [7, 11) is 0. The Morgan fingerprint density at radius 2 is 1.71 bits per heavy atom. The number of anilines is 3. The first kappa shape index (κ1) is 20.7. The first-order valence-electron chi connectivity index (χ1n) is 9.93. The Hall–Kier alpha value is -3.59. The number of halogens is 2. The summed E-state index contributed by atoms with van der Waals surface area (Å²) in [6, 6.07) is 14.1. The number of amides is 2. The molecule has 1 fully saturated rings. The van der Waals surface area contributed by atoms with Crippen molar-refractivity contribution in [2.45, 2.75) is 6.54 Å². The fraction of sp³-hybridized carbons (Fsp3) is 0.227. The molecule has 31 heavy (non-hydrogen) atoms. The molecule has 2 aromatic carbocycles. The van der Waals surface area contributed by atoms with Gasteiger partial charge in [0, 0.05) is 44.9 Å². The van der Waals surface area contributed by atoms with Crippen LogP contribution in [-0.4, -0.2) is 47.1 Å². The van der Waals surface area contributed by atoms with Crippen LogP contribution in [0.25, 0.3) is 0 Å². The van der Waals surface area contributed by atoms with E-state index in [0.29, 0.717) is 5.82 Å². The monoisotopic (exact) mass is 424 g/mol. The summed E-state index contributed by atoms with van der Waals surface area (Å²) in [6.45, 7) is 4.28. The topological polar surface area (TPSA) is 73.4 Å². The molecule has 9 heteroatoms. The summed E-state index contributed by atoms with van der Waals surface area (Å²) in [4.78, 5) is 25.0. The second-order valence-electron chi connectivity index (χ2n) is 7.21. The molecule has 0 aliphatic carbocycles. The number of hydrogen-bond acceptors (Lipinski definition) is 5. The van der Waals surface area contributed by atoms with Crippen molar-refractivity contribution >= 4 is 23.4 Å². The number of carbonyl (C=O) groups excluding carboxylic acids is 1. The zero-order valence-corrected chi connectivity index (χ0v) is 16.8. The van der Waals surface area contributed by atoms with Gasteiger partial charge in [0.2, 0.25) is 0 Å². The molecule has 1 saturated heterocycles. The predicted molar refractivity (Wildman–Crippen MR) is 115 cm³/mol. The minimum Gasteiger partial charge on any atom is -0.354 e. The van der Waals surface area contributed by atoms with E-state index in [9.17, 15) is 13.6 Å². The molecule has 0 saturated carbocycles. The fourth-order valence-corrected chi connectivity index (χ4v) is 3.43. The van der Waals surface area contributed by atoms with Gasteiger partial charge in [-0.05, 0) is 17.7 Å². The molecule has 0 bridgehead atoms. The third-order valence-electron chi connectivity index (χ3n) is 5.02. The lowest BCUT2D eigenvalue weighted by atomic mass is 10.2. The molecule has 0 unspecified atom stereocenters. The molecule has 2 heterocycles. The highest BCUT2D eigenvalue weighted by Crippen LogP contribution is 2.19. The summed E-state index contributed by atoms with van der Waals surface area (Å²) in [5.41, 5.74) is 1.03. The van der Waals surface area contributed by atoms with Gasteiger partial charge >= 0.3 is 6.03 Å². The summed E-state index contributed by atoms with van der Waals surface area (Å²) < 4.78 is 27.0. The van der Waals surface area contributed by atoms with Crippen molar-refractivity contribution in [3.05, 3.63) is 78.1 Å². The maximum absolute atomic E-state index is 13.7. The van der Waals surface area contributed by atoms with Crippen molar-refractivity contribution in [2.75, 3.05) is 41.7 Å². The van der Waals surface area contributed by atoms with Crippen molar-refractivity contribution in [3.8, 4) is 0 Å². The third kappa shape index (κ3) is 5.52. The fourth-order valence-electron chi connectivity index (χ4n) is 3.43. The number of benzene rings is 2. The molecule has 0 atom stereocenters. The van der Waals surface area contributed by atoms with Crippen LogP contribution in [0.1, 0.15) is 5.56 Å². The van der Waals surface area contributed by atoms with Crippen LogP contribution in [0.4, 0.5) is 30.9 Å². The lowest BCUT2D eigenvalue weighted by molar-refractivity contribution is 0.249. The van der Waals surface area contributed by atoms with Crippen LogP contribution >= 0.6 is 0 Å². The minimum absolute atomic E-state index is 0.249. The SMILES string of the molecule is O=C(Nc1cc(N2CCN(Cc3ccccc3)CC2)ncn1)Nc1cc(F)ccc1F. The maximum Gasteiger partial charge on any atom is 0.324 e. The predicted octanol–water partition coefficient (Wildman–Crippen LogP) is 3.72. The number of carbonyl (C=O) groups is 1. The largest absolute Gasteiger partial charge is 0.354 e. The lowest BCUT2D eigenvalue weighted by Gasteiger charge is -2.35. The van der Waals surface area contributed by atoms with E-state index >= 15 is 0 Å². The van der Waals surface area contributed by atoms with Gasteiger partial charge in [-0.3, -0.25) is 10.2 Å². The number of nitrogens with zero attached hydrogens (tertiary/aromatic N) is 4. The van der Waals surface area contributed by atoms with E-state index in [2.05, 4.69) is 42.5 Å². The molecule has 7 nitrogen and oxygen atoms in total. The Kier molecular flexibility index (Phi) is 6.32. The van der Waals surface area contributed by atoms with Gasteiger partial charge in [0.05, 0.1) is 5.69 Å². The van der Waals surface area contributed by atoms with Gasteiger partial charge in [0.25, 0.3) is 0 Å². The van der Waals surface area contributed by atoms with Gasteiger partial charge in [-0.2, -0.15) is 0 Å². The third-order valence-corrected chi connectivity index (χ3v) is 5.02.